The summed E-state index contributed by atoms with van der Waals surface area (Å²) in [5, 5.41) is 10.4. The zero-order chi connectivity index (χ0) is 23.4. The Bertz CT molecular complexity index is 1200. The number of fused-ring (bicyclic) bond motifs is 1. The number of nitrogens with zero attached hydrogens (tertiary/aromatic N) is 1. The van der Waals surface area contributed by atoms with Gasteiger partial charge in [-0.3, -0.25) is 10.2 Å². The van der Waals surface area contributed by atoms with E-state index in [1.165, 1.54) is 35.9 Å². The minimum Gasteiger partial charge on any atom is -0.588 e. The second-order valence-electron chi connectivity index (χ2n) is 7.58. The molecule has 0 spiro atoms. The first-order chi connectivity index (χ1) is 15.9. The summed E-state index contributed by atoms with van der Waals surface area (Å²) in [5.41, 5.74) is 9.18. The number of nitrogens with one attached hydrogen (secondary N) is 2. The predicted octanol–water partition coefficient (Wildman–Crippen LogP) is 4.01. The molecule has 0 radical (unpaired) electrons. The summed E-state index contributed by atoms with van der Waals surface area (Å²) in [6, 6.07) is 20.0. The number of carbonyl (C=O) groups excluding carboxylic acids is 1. The fourth-order valence-corrected chi connectivity index (χ4v) is 4.91. The number of para-hydroxylation sites is 1. The smallest absolute Gasteiger partial charge is 0.256 e. The van der Waals surface area contributed by atoms with Crippen molar-refractivity contribution >= 4 is 34.5 Å². The molecule has 1 heterocycles. The van der Waals surface area contributed by atoms with E-state index in [9.17, 15) is 13.7 Å². The second-order valence-corrected chi connectivity index (χ2v) is 8.99. The second kappa shape index (κ2) is 9.89. The van der Waals surface area contributed by atoms with E-state index in [4.69, 9.17) is 11.1 Å². The number of aryl methyl sites for hydroxylation is 1. The van der Waals surface area contributed by atoms with Crippen LogP contribution in [0.2, 0.25) is 0 Å². The van der Waals surface area contributed by atoms with Gasteiger partial charge in [0.25, 0.3) is 5.91 Å². The predicted molar refractivity (Wildman–Crippen MR) is 129 cm³/mol. The van der Waals surface area contributed by atoms with Crippen LogP contribution in [0.3, 0.4) is 0 Å². The largest absolute Gasteiger partial charge is 0.588 e. The molecule has 0 saturated heterocycles. The normalized spacial score (nSPS) is 14.4. The molecular formula is C25H23FN4O2S. The van der Waals surface area contributed by atoms with Crippen LogP contribution in [0.4, 0.5) is 10.1 Å². The highest BCUT2D eigenvalue weighted by atomic mass is 32.2. The zero-order valence-corrected chi connectivity index (χ0v) is 18.6. The first-order valence-electron chi connectivity index (χ1n) is 10.4. The van der Waals surface area contributed by atoms with Gasteiger partial charge in [-0.25, -0.2) is 4.39 Å². The lowest BCUT2D eigenvalue weighted by molar-refractivity contribution is 0.0977. The number of anilines is 1. The Morgan fingerprint density at radius 2 is 1.73 bits per heavy atom. The lowest BCUT2D eigenvalue weighted by atomic mass is 10.0. The number of benzene rings is 3. The number of amides is 1. The first kappa shape index (κ1) is 22.6. The SMILES string of the molecule is N=C(C=C(N)c1ccc(F)cc1)NC(=O)c1ccc([S+]([O-])N2CCCc3ccccc32)cc1. The number of hydrogen-bond donors (Lipinski definition) is 3. The fraction of sp³-hybridized carbons (Fsp3) is 0.120. The summed E-state index contributed by atoms with van der Waals surface area (Å²) in [7, 11) is 0. The topological polar surface area (TPSA) is 105 Å². The van der Waals surface area contributed by atoms with Crippen LogP contribution < -0.4 is 15.4 Å². The molecule has 0 fully saturated rings. The van der Waals surface area contributed by atoms with Crippen molar-refractivity contribution in [3.8, 4) is 0 Å². The summed E-state index contributed by atoms with van der Waals surface area (Å²) >= 11 is -1.39. The van der Waals surface area contributed by atoms with Crippen molar-refractivity contribution < 1.29 is 13.7 Å². The Balaban J connectivity index is 1.42. The van der Waals surface area contributed by atoms with Crippen LogP contribution >= 0.6 is 0 Å². The van der Waals surface area contributed by atoms with Gasteiger partial charge in [-0.15, -0.1) is 0 Å². The molecule has 3 aromatic rings. The van der Waals surface area contributed by atoms with E-state index in [2.05, 4.69) is 11.4 Å². The molecule has 4 N–H and O–H groups in total. The van der Waals surface area contributed by atoms with E-state index >= 15 is 0 Å². The number of carbonyl (C=O) groups is 1. The lowest BCUT2D eigenvalue weighted by Crippen LogP contribution is -2.35. The van der Waals surface area contributed by atoms with Crippen LogP contribution in [0.15, 0.2) is 83.8 Å². The van der Waals surface area contributed by atoms with Crippen molar-refractivity contribution in [2.24, 2.45) is 5.73 Å². The molecule has 168 valence electrons. The van der Waals surface area contributed by atoms with Gasteiger partial charge < -0.3 is 15.6 Å². The minimum atomic E-state index is -1.39. The summed E-state index contributed by atoms with van der Waals surface area (Å²) in [4.78, 5) is 13.1. The van der Waals surface area contributed by atoms with Crippen LogP contribution in [-0.2, 0) is 17.8 Å². The Morgan fingerprint density at radius 1 is 1.06 bits per heavy atom. The standard InChI is InChI=1S/C25H23FN4O2S/c26-20-11-7-17(8-12-20)22(27)16-24(28)29-25(31)19-9-13-21(14-10-19)33(32)30-15-3-5-18-4-1-2-6-23(18)30/h1-2,4,6-14,16H,3,5,15,27H2,(H2,28,29,31). The third-order valence-corrected chi connectivity index (χ3v) is 6.77. The van der Waals surface area contributed by atoms with Crippen molar-refractivity contribution in [3.63, 3.8) is 0 Å². The average Bonchev–Trinajstić information content (AvgIpc) is 2.83. The van der Waals surface area contributed by atoms with Gasteiger partial charge in [-0.05, 0) is 66.4 Å². The van der Waals surface area contributed by atoms with Crippen LogP contribution in [0, 0.1) is 11.2 Å². The molecule has 1 unspecified atom stereocenters. The van der Waals surface area contributed by atoms with Gasteiger partial charge in [0.15, 0.2) is 4.90 Å². The van der Waals surface area contributed by atoms with Crippen molar-refractivity contribution in [2.45, 2.75) is 17.7 Å². The molecule has 0 bridgehead atoms. The number of hydrogen-bond acceptors (Lipinski definition) is 5. The Hall–Kier alpha value is -3.62. The third kappa shape index (κ3) is 5.24. The molecule has 33 heavy (non-hydrogen) atoms. The van der Waals surface area contributed by atoms with Crippen LogP contribution in [0.5, 0.6) is 0 Å². The molecule has 8 heteroatoms. The van der Waals surface area contributed by atoms with Gasteiger partial charge in [-0.2, -0.15) is 4.31 Å². The molecule has 0 aromatic heterocycles. The van der Waals surface area contributed by atoms with E-state index < -0.39 is 17.3 Å². The van der Waals surface area contributed by atoms with E-state index in [-0.39, 0.29) is 17.3 Å². The Kier molecular flexibility index (Phi) is 6.76. The highest BCUT2D eigenvalue weighted by Crippen LogP contribution is 2.31. The molecule has 0 saturated carbocycles. The molecule has 0 aliphatic carbocycles. The third-order valence-electron chi connectivity index (χ3n) is 5.31. The van der Waals surface area contributed by atoms with Gasteiger partial charge in [0.1, 0.15) is 23.0 Å². The van der Waals surface area contributed by atoms with Gasteiger partial charge >= 0.3 is 0 Å². The van der Waals surface area contributed by atoms with Gasteiger partial charge in [0.2, 0.25) is 0 Å². The number of nitrogens with two attached hydrogens (primary N) is 1. The van der Waals surface area contributed by atoms with Gasteiger partial charge in [-0.1, -0.05) is 30.3 Å². The highest BCUT2D eigenvalue weighted by molar-refractivity contribution is 7.92. The quantitative estimate of drug-likeness (QED) is 0.303. The molecule has 1 aliphatic rings. The molecule has 1 atom stereocenters. The van der Waals surface area contributed by atoms with Gasteiger partial charge in [0.05, 0.1) is 12.2 Å². The first-order valence-corrected chi connectivity index (χ1v) is 11.5. The zero-order valence-electron chi connectivity index (χ0n) is 17.8. The molecule has 6 nitrogen and oxygen atoms in total. The van der Waals surface area contributed by atoms with Crippen LogP contribution in [0.1, 0.15) is 27.9 Å². The molecule has 4 rings (SSSR count). The molecule has 1 amide bonds. The summed E-state index contributed by atoms with van der Waals surface area (Å²) < 4.78 is 28.1. The Morgan fingerprint density at radius 3 is 2.45 bits per heavy atom. The van der Waals surface area contributed by atoms with Crippen LogP contribution in [-0.4, -0.2) is 22.8 Å². The van der Waals surface area contributed by atoms with Crippen molar-refractivity contribution in [1.29, 1.82) is 5.41 Å². The van der Waals surface area contributed by atoms with E-state index in [0.29, 0.717) is 22.6 Å². The van der Waals surface area contributed by atoms with Crippen molar-refractivity contribution in [3.05, 3.63) is 101 Å². The van der Waals surface area contributed by atoms with E-state index in [0.717, 1.165) is 18.5 Å². The number of rotatable bonds is 5. The fourth-order valence-electron chi connectivity index (χ4n) is 3.63. The summed E-state index contributed by atoms with van der Waals surface area (Å²) in [6.45, 7) is 0.699. The van der Waals surface area contributed by atoms with Crippen molar-refractivity contribution in [2.75, 3.05) is 10.8 Å². The van der Waals surface area contributed by atoms with Crippen LogP contribution in [0.25, 0.3) is 5.70 Å². The maximum atomic E-state index is 13.2. The lowest BCUT2D eigenvalue weighted by Gasteiger charge is -2.30. The van der Waals surface area contributed by atoms with Gasteiger partial charge in [0, 0.05) is 17.3 Å². The maximum Gasteiger partial charge on any atom is 0.256 e. The van der Waals surface area contributed by atoms with E-state index in [1.54, 1.807) is 24.3 Å². The number of amidine groups is 1. The van der Waals surface area contributed by atoms with Crippen molar-refractivity contribution in [1.82, 2.24) is 5.32 Å². The monoisotopic (exact) mass is 462 g/mol. The highest BCUT2D eigenvalue weighted by Gasteiger charge is 2.28. The summed E-state index contributed by atoms with van der Waals surface area (Å²) in [6.07, 6.45) is 3.19. The molecular weight excluding hydrogens is 439 g/mol. The average molecular weight is 463 g/mol. The number of halogens is 1. The maximum absolute atomic E-state index is 13.2. The molecule has 3 aromatic carbocycles. The van der Waals surface area contributed by atoms with E-state index in [1.807, 2.05) is 22.5 Å². The molecule has 1 aliphatic heterocycles. The summed E-state index contributed by atoms with van der Waals surface area (Å²) in [5.74, 6) is -1.06. The minimum absolute atomic E-state index is 0.195. The Labute approximate surface area is 194 Å².